The van der Waals surface area contributed by atoms with Gasteiger partial charge in [-0.3, -0.25) is 9.36 Å². The number of carbonyl (C=O) groups excluding carboxylic acids is 1. The van der Waals surface area contributed by atoms with E-state index in [-0.39, 0.29) is 40.0 Å². The van der Waals surface area contributed by atoms with Crippen molar-refractivity contribution in [1.29, 1.82) is 0 Å². The van der Waals surface area contributed by atoms with Gasteiger partial charge in [-0.2, -0.15) is 4.76 Å². The minimum absolute atomic E-state index is 0.0379. The van der Waals surface area contributed by atoms with E-state index in [0.717, 1.165) is 6.42 Å². The summed E-state index contributed by atoms with van der Waals surface area (Å²) in [5.74, 6) is 1.12. The van der Waals surface area contributed by atoms with Crippen LogP contribution < -0.4 is 5.32 Å². The second-order valence-corrected chi connectivity index (χ2v) is 11.8. The second kappa shape index (κ2) is 7.68. The first-order valence-electron chi connectivity index (χ1n) is 9.72. The van der Waals surface area contributed by atoms with Crippen molar-refractivity contribution in [1.82, 2.24) is 10.2 Å². The van der Waals surface area contributed by atoms with Crippen LogP contribution in [-0.2, 0) is 13.9 Å². The molecule has 0 bridgehead atoms. The molecule has 0 aromatic rings. The van der Waals surface area contributed by atoms with Gasteiger partial charge in [0.15, 0.2) is 5.84 Å². The number of amidine groups is 1. The van der Waals surface area contributed by atoms with E-state index in [1.165, 1.54) is 12.0 Å². The third-order valence-corrected chi connectivity index (χ3v) is 6.27. The zero-order valence-electron chi connectivity index (χ0n) is 18.2. The number of nitrogens with zero attached hydrogens (tertiary/aromatic N) is 2. The summed E-state index contributed by atoms with van der Waals surface area (Å²) >= 11 is 0. The molecule has 158 valence electrons. The summed E-state index contributed by atoms with van der Waals surface area (Å²) in [6.45, 7) is 16.4. The summed E-state index contributed by atoms with van der Waals surface area (Å²) < 4.78 is 22.5. The molecule has 2 heterocycles. The molecule has 2 atom stereocenters. The Morgan fingerprint density at radius 2 is 1.89 bits per heavy atom. The lowest BCUT2D eigenvalue weighted by atomic mass is 9.84. The highest BCUT2D eigenvalue weighted by Crippen LogP contribution is 2.53. The Morgan fingerprint density at radius 3 is 2.39 bits per heavy atom. The van der Waals surface area contributed by atoms with Crippen molar-refractivity contribution in [3.8, 4) is 0 Å². The maximum atomic E-state index is 13.3. The highest BCUT2D eigenvalue weighted by atomic mass is 31.2. The van der Waals surface area contributed by atoms with Crippen LogP contribution in [0.1, 0.15) is 61.8 Å². The third kappa shape index (κ3) is 5.06. The molecule has 0 aromatic heterocycles. The summed E-state index contributed by atoms with van der Waals surface area (Å²) in [5, 5.41) is 13.9. The Kier molecular flexibility index (Phi) is 6.22. The van der Waals surface area contributed by atoms with E-state index in [4.69, 9.17) is 4.52 Å². The Hall–Kier alpha value is -1.59. The first kappa shape index (κ1) is 22.7. The van der Waals surface area contributed by atoms with E-state index in [1.807, 2.05) is 20.8 Å². The zero-order valence-corrected chi connectivity index (χ0v) is 19.1. The lowest BCUT2D eigenvalue weighted by molar-refractivity contribution is -0.128. The van der Waals surface area contributed by atoms with E-state index >= 15 is 0 Å². The Bertz CT molecular complexity index is 769. The Labute approximate surface area is 168 Å². The average molecular weight is 411 g/mol. The summed E-state index contributed by atoms with van der Waals surface area (Å²) in [6, 6.07) is -0.474. The van der Waals surface area contributed by atoms with Crippen molar-refractivity contribution in [2.45, 2.75) is 74.0 Å². The molecule has 0 aromatic carbocycles. The van der Waals surface area contributed by atoms with Gasteiger partial charge in [-0.15, -0.1) is 0 Å². The number of carbonyl (C=O) groups is 1. The molecule has 2 rings (SSSR count). The predicted molar refractivity (Wildman–Crippen MR) is 112 cm³/mol. The number of hydrogen-bond donors (Lipinski definition) is 2. The summed E-state index contributed by atoms with van der Waals surface area (Å²) in [5.41, 5.74) is -0.251. The minimum Gasteiger partial charge on any atom is -0.509 e. The third-order valence-electron chi connectivity index (χ3n) is 4.55. The van der Waals surface area contributed by atoms with E-state index in [1.54, 1.807) is 18.7 Å². The lowest BCUT2D eigenvalue weighted by Crippen LogP contribution is -2.45. The van der Waals surface area contributed by atoms with Gasteiger partial charge in [0.2, 0.25) is 0 Å². The van der Waals surface area contributed by atoms with Gasteiger partial charge in [-0.05, 0) is 31.1 Å². The SMILES string of the molecule is CC(C)OP1(=O)C=CNC(C2=C(O)[C@H](C(C)(C)C)N(CCC(C)(C)C)C2=O)=N1. The predicted octanol–water partition coefficient (Wildman–Crippen LogP) is 4.58. The smallest absolute Gasteiger partial charge is 0.341 e. The van der Waals surface area contributed by atoms with Crippen LogP contribution in [0.4, 0.5) is 0 Å². The summed E-state index contributed by atoms with van der Waals surface area (Å²) in [4.78, 5) is 15.0. The number of amides is 1. The van der Waals surface area contributed by atoms with Crippen molar-refractivity contribution >= 4 is 19.3 Å². The molecule has 0 saturated heterocycles. The van der Waals surface area contributed by atoms with Crippen LogP contribution in [0.3, 0.4) is 0 Å². The van der Waals surface area contributed by atoms with Crippen molar-refractivity contribution in [3.05, 3.63) is 23.3 Å². The van der Waals surface area contributed by atoms with Crippen molar-refractivity contribution < 1.29 is 19.0 Å². The molecule has 0 spiro atoms. The van der Waals surface area contributed by atoms with Gasteiger partial charge in [0, 0.05) is 18.6 Å². The van der Waals surface area contributed by atoms with Crippen molar-refractivity contribution in [2.24, 2.45) is 15.6 Å². The van der Waals surface area contributed by atoms with Crippen molar-refractivity contribution in [3.63, 3.8) is 0 Å². The summed E-state index contributed by atoms with van der Waals surface area (Å²) in [6.07, 6.45) is 1.97. The van der Waals surface area contributed by atoms with Crippen molar-refractivity contribution in [2.75, 3.05) is 6.54 Å². The van der Waals surface area contributed by atoms with Crippen LogP contribution in [0.15, 0.2) is 28.1 Å². The number of hydrogen-bond acceptors (Lipinski definition) is 5. The van der Waals surface area contributed by atoms with Crippen LogP contribution in [0.25, 0.3) is 0 Å². The first-order valence-corrected chi connectivity index (χ1v) is 11.4. The molecule has 2 N–H and O–H groups in total. The second-order valence-electron chi connectivity index (χ2n) is 9.96. The zero-order chi connectivity index (χ0) is 21.5. The fraction of sp³-hybridized carbons (Fsp3) is 0.700. The molecule has 7 nitrogen and oxygen atoms in total. The molecular formula is C20H34N3O4P. The van der Waals surface area contributed by atoms with Gasteiger partial charge < -0.3 is 19.8 Å². The molecule has 0 radical (unpaired) electrons. The lowest BCUT2D eigenvalue weighted by Gasteiger charge is -2.36. The monoisotopic (exact) mass is 411 g/mol. The standard InChI is InChI=1S/C20H34N3O4P/c1-13(2)27-28(26)12-10-21-17(22-28)14-15(24)16(20(6,7)8)23(18(14)25)11-9-19(3,4)5/h10,12-13,16,24H,9,11H2,1-8H3,(H,21,22,26)/t16-,28?/m1/s1. The van der Waals surface area contributed by atoms with Gasteiger partial charge in [-0.25, -0.2) is 0 Å². The van der Waals surface area contributed by atoms with Crippen LogP contribution in [0, 0.1) is 10.8 Å². The number of nitrogens with one attached hydrogen (secondary N) is 1. The molecule has 1 unspecified atom stereocenters. The maximum absolute atomic E-state index is 13.3. The largest absolute Gasteiger partial charge is 0.509 e. The van der Waals surface area contributed by atoms with E-state index in [9.17, 15) is 14.5 Å². The molecule has 28 heavy (non-hydrogen) atoms. The van der Waals surface area contributed by atoms with Crippen LogP contribution in [0.2, 0.25) is 0 Å². The molecule has 8 heteroatoms. The van der Waals surface area contributed by atoms with Gasteiger partial charge in [-0.1, -0.05) is 41.5 Å². The highest BCUT2D eigenvalue weighted by molar-refractivity contribution is 7.61. The van der Waals surface area contributed by atoms with Gasteiger partial charge in [0.1, 0.15) is 11.3 Å². The quantitative estimate of drug-likeness (QED) is 0.646. The molecule has 0 fully saturated rings. The highest BCUT2D eigenvalue weighted by Gasteiger charge is 2.47. The minimum atomic E-state index is -3.42. The molecule has 0 saturated carbocycles. The van der Waals surface area contributed by atoms with Crippen LogP contribution >= 0.6 is 7.52 Å². The molecular weight excluding hydrogens is 377 g/mol. The molecule has 0 aliphatic carbocycles. The fourth-order valence-corrected chi connectivity index (χ4v) is 4.82. The Balaban J connectivity index is 2.44. The van der Waals surface area contributed by atoms with E-state index < -0.39 is 13.6 Å². The molecule has 2 aliphatic heterocycles. The van der Waals surface area contributed by atoms with Gasteiger partial charge in [0.25, 0.3) is 5.91 Å². The number of rotatable bonds is 5. The van der Waals surface area contributed by atoms with Gasteiger partial charge in [0.05, 0.1) is 12.1 Å². The number of aliphatic hydroxyl groups is 1. The van der Waals surface area contributed by atoms with Crippen LogP contribution in [-0.4, -0.2) is 40.4 Å². The summed E-state index contributed by atoms with van der Waals surface area (Å²) in [7, 11) is -3.42. The average Bonchev–Trinajstić information content (AvgIpc) is 2.73. The van der Waals surface area contributed by atoms with Crippen LogP contribution in [0.5, 0.6) is 0 Å². The molecule has 1 amide bonds. The topological polar surface area (TPSA) is 91.2 Å². The number of aliphatic hydroxyl groups excluding tert-OH is 1. The maximum Gasteiger partial charge on any atom is 0.341 e. The molecule has 2 aliphatic rings. The first-order chi connectivity index (χ1) is 12.6. The van der Waals surface area contributed by atoms with Gasteiger partial charge >= 0.3 is 7.52 Å². The normalized spacial score (nSPS) is 26.2. The Morgan fingerprint density at radius 1 is 1.29 bits per heavy atom. The van der Waals surface area contributed by atoms with E-state index in [2.05, 4.69) is 30.9 Å². The fourth-order valence-electron chi connectivity index (χ4n) is 3.34. The van der Waals surface area contributed by atoms with E-state index in [0.29, 0.717) is 6.54 Å².